The smallest absolute Gasteiger partial charge is 0.243 e. The van der Waals surface area contributed by atoms with Crippen molar-refractivity contribution in [3.63, 3.8) is 0 Å². The van der Waals surface area contributed by atoms with Gasteiger partial charge in [-0.25, -0.2) is 0 Å². The molecule has 9 amide bonds. The van der Waals surface area contributed by atoms with Crippen LogP contribution in [0.2, 0.25) is 0 Å². The molecule has 1 unspecified atom stereocenters. The van der Waals surface area contributed by atoms with E-state index in [2.05, 4.69) is 52.5 Å². The second-order valence-corrected chi connectivity index (χ2v) is 17.5. The monoisotopic (exact) mass is 987 g/mol. The zero-order chi connectivity index (χ0) is 51.9. The molecule has 386 valence electrons. The van der Waals surface area contributed by atoms with Crippen LogP contribution in [0.1, 0.15) is 89.2 Å². The summed E-state index contributed by atoms with van der Waals surface area (Å²) in [5.74, 6) is -6.90. The quantitative estimate of drug-likeness (QED) is 0.0337. The Morgan fingerprint density at radius 1 is 0.761 bits per heavy atom. The zero-order valence-electron chi connectivity index (χ0n) is 40.4. The lowest BCUT2D eigenvalue weighted by Crippen LogP contribution is -2.60. The van der Waals surface area contributed by atoms with Crippen LogP contribution in [-0.4, -0.2) is 126 Å². The number of hydrogen-bond acceptors (Lipinski definition) is 11. The van der Waals surface area contributed by atoms with Gasteiger partial charge < -0.3 is 70.5 Å². The first kappa shape index (κ1) is 56.0. The fraction of sp³-hybridized carbons (Fsp3) is 0.500. The number of fused-ring (bicyclic) bond motifs is 1. The van der Waals surface area contributed by atoms with E-state index >= 15 is 0 Å². The molecule has 0 spiro atoms. The van der Waals surface area contributed by atoms with Crippen LogP contribution in [0.25, 0.3) is 10.9 Å². The summed E-state index contributed by atoms with van der Waals surface area (Å²) in [6.07, 6.45) is 2.68. The summed E-state index contributed by atoms with van der Waals surface area (Å²) in [7, 11) is 0. The van der Waals surface area contributed by atoms with Crippen LogP contribution in [-0.2, 0) is 56.0 Å². The van der Waals surface area contributed by atoms with E-state index in [9.17, 15) is 43.2 Å². The molecule has 1 aromatic heterocycles. The highest BCUT2D eigenvalue weighted by molar-refractivity contribution is 5.98. The first-order valence-electron chi connectivity index (χ1n) is 24.0. The summed E-state index contributed by atoms with van der Waals surface area (Å²) < 4.78 is 0. The molecule has 1 fully saturated rings. The van der Waals surface area contributed by atoms with Gasteiger partial charge in [0.2, 0.25) is 53.2 Å². The molecule has 0 saturated carbocycles. The number of para-hydroxylation sites is 1. The molecule has 1 aliphatic rings. The van der Waals surface area contributed by atoms with Crippen molar-refractivity contribution in [2.45, 2.75) is 133 Å². The highest BCUT2D eigenvalue weighted by Crippen LogP contribution is 2.19. The lowest BCUT2D eigenvalue weighted by atomic mass is 10.0. The Balaban J connectivity index is 1.74. The Labute approximate surface area is 412 Å². The number of rotatable bonds is 20. The number of nitrogens with zero attached hydrogens (tertiary/aromatic N) is 1. The van der Waals surface area contributed by atoms with Crippen molar-refractivity contribution in [1.82, 2.24) is 47.5 Å². The van der Waals surface area contributed by atoms with E-state index in [0.29, 0.717) is 24.0 Å². The number of benzene rings is 2. The van der Waals surface area contributed by atoms with Gasteiger partial charge in [0.25, 0.3) is 0 Å². The van der Waals surface area contributed by atoms with Crippen LogP contribution in [0.4, 0.5) is 0 Å². The Bertz CT molecular complexity index is 2340. The third-order valence-electron chi connectivity index (χ3n) is 11.8. The van der Waals surface area contributed by atoms with Crippen LogP contribution < -0.4 is 65.5 Å². The number of primary amides is 1. The van der Waals surface area contributed by atoms with Gasteiger partial charge in [0.1, 0.15) is 42.3 Å². The number of hydrogen-bond donors (Lipinski definition) is 13. The van der Waals surface area contributed by atoms with Crippen LogP contribution >= 0.6 is 0 Å². The highest BCUT2D eigenvalue weighted by atomic mass is 16.2. The number of carbonyl (C=O) groups is 9. The number of carbonyl (C=O) groups excluding carboxylic acids is 9. The topological polar surface area (TPSA) is 382 Å². The molecule has 1 saturated heterocycles. The summed E-state index contributed by atoms with van der Waals surface area (Å²) in [5.41, 5.74) is 24.8. The summed E-state index contributed by atoms with van der Waals surface area (Å²) in [5, 5.41) is 22.2. The summed E-state index contributed by atoms with van der Waals surface area (Å²) in [6.45, 7) is 3.14. The van der Waals surface area contributed by atoms with Gasteiger partial charge in [-0.05, 0) is 68.7 Å². The number of aromatic amines is 1. The van der Waals surface area contributed by atoms with Gasteiger partial charge in [-0.3, -0.25) is 48.1 Å². The van der Waals surface area contributed by atoms with Crippen LogP contribution in [0, 0.1) is 0 Å². The molecular weight excluding hydrogens is 917 g/mol. The van der Waals surface area contributed by atoms with Crippen molar-refractivity contribution in [2.24, 2.45) is 27.9 Å². The molecule has 7 atom stereocenters. The molecule has 0 radical (unpaired) electrons. The molecule has 0 bridgehead atoms. The Morgan fingerprint density at radius 2 is 1.41 bits per heavy atom. The van der Waals surface area contributed by atoms with Gasteiger partial charge in [-0.2, -0.15) is 0 Å². The number of amides is 9. The standard InChI is InChI=1S/C48H70N14O9/c1-3-4-15-33(56-28(2)63)42(66)59-36-19-20-40(64)53-24-21-37(46(70)61-38(41(50)65)26-30-27-55-32-16-9-8-14-31(30)32)60-43(67)35(18-11-23-54-48(51)52)58-47(71)39(25-29-12-6-5-7-13-29)62-44(68)34(17-10-22-49)57-45(36)69/h5-9,12-14,16,27,33-39,55H,3-4,10-11,15,17-26,49H2,1-2H3,(H2,50,65)(H,53,64)(H,56,63)(H,57,69)(H,58,71)(H,59,66)(H,60,67)(H,61,70)(H,62,68)(H4,51,52,54)/t33-,34-,35-,36-,37?,38-,39+/m0/s1. The number of guanidine groups is 1. The van der Waals surface area contributed by atoms with Gasteiger partial charge in [-0.15, -0.1) is 0 Å². The molecule has 4 rings (SSSR count). The minimum absolute atomic E-state index is 0.0109. The van der Waals surface area contributed by atoms with E-state index in [1.807, 2.05) is 31.2 Å². The fourth-order valence-corrected chi connectivity index (χ4v) is 7.98. The second kappa shape index (κ2) is 28.8. The van der Waals surface area contributed by atoms with Crippen LogP contribution in [0.15, 0.2) is 65.8 Å². The summed E-state index contributed by atoms with van der Waals surface area (Å²) in [4.78, 5) is 131. The van der Waals surface area contributed by atoms with E-state index in [1.54, 1.807) is 36.5 Å². The molecule has 2 heterocycles. The minimum atomic E-state index is -1.43. The first-order valence-corrected chi connectivity index (χ1v) is 24.0. The highest BCUT2D eigenvalue weighted by Gasteiger charge is 2.35. The predicted molar refractivity (Wildman–Crippen MR) is 265 cm³/mol. The van der Waals surface area contributed by atoms with E-state index in [0.717, 1.165) is 10.9 Å². The van der Waals surface area contributed by atoms with Crippen LogP contribution in [0.3, 0.4) is 0 Å². The Hall–Kier alpha value is -7.56. The van der Waals surface area contributed by atoms with E-state index in [-0.39, 0.29) is 89.8 Å². The Morgan fingerprint density at radius 3 is 2.08 bits per heavy atom. The third-order valence-corrected chi connectivity index (χ3v) is 11.8. The molecule has 3 aromatic rings. The number of nitrogens with two attached hydrogens (primary N) is 4. The van der Waals surface area contributed by atoms with E-state index in [4.69, 9.17) is 22.9 Å². The largest absolute Gasteiger partial charge is 0.370 e. The molecule has 23 heteroatoms. The van der Waals surface area contributed by atoms with E-state index in [1.165, 1.54) is 6.92 Å². The van der Waals surface area contributed by atoms with Crippen molar-refractivity contribution in [3.8, 4) is 0 Å². The van der Waals surface area contributed by atoms with Gasteiger partial charge in [-0.1, -0.05) is 68.3 Å². The molecular formula is C48H70N14O9. The van der Waals surface area contributed by atoms with Crippen molar-refractivity contribution < 1.29 is 43.2 Å². The maximum absolute atomic E-state index is 14.5. The Kier molecular flexibility index (Phi) is 22.7. The van der Waals surface area contributed by atoms with Gasteiger partial charge in [0.05, 0.1) is 0 Å². The molecule has 23 nitrogen and oxygen atoms in total. The molecule has 71 heavy (non-hydrogen) atoms. The van der Waals surface area contributed by atoms with Crippen molar-refractivity contribution in [3.05, 3.63) is 71.9 Å². The van der Waals surface area contributed by atoms with Crippen molar-refractivity contribution in [2.75, 3.05) is 19.6 Å². The number of nitrogens with one attached hydrogen (secondary N) is 9. The summed E-state index contributed by atoms with van der Waals surface area (Å²) in [6, 6.07) is 6.98. The maximum atomic E-state index is 14.5. The number of aliphatic imine (C=N–C) groups is 1. The lowest BCUT2D eigenvalue weighted by Gasteiger charge is -2.28. The predicted octanol–water partition coefficient (Wildman–Crippen LogP) is -1.87. The lowest BCUT2D eigenvalue weighted by molar-refractivity contribution is -0.136. The average Bonchev–Trinajstić information content (AvgIpc) is 3.74. The minimum Gasteiger partial charge on any atom is -0.370 e. The number of H-pyrrole nitrogens is 1. The SMILES string of the molecule is CCCC[C@H](NC(C)=O)C(=O)N[C@H]1CCC(=O)NCCC(C(=O)N[C@@H](Cc2c[nH]c3ccccc23)C(N)=O)NC(=O)[C@H](CCCN=C(N)N)NC(=O)[C@@H](Cc2ccccc2)NC(=O)[C@H](CCCN)NC1=O. The molecule has 1 aliphatic heterocycles. The second-order valence-electron chi connectivity index (χ2n) is 17.5. The fourth-order valence-electron chi connectivity index (χ4n) is 7.98. The molecule has 2 aromatic carbocycles. The summed E-state index contributed by atoms with van der Waals surface area (Å²) >= 11 is 0. The zero-order valence-corrected chi connectivity index (χ0v) is 40.4. The van der Waals surface area contributed by atoms with Gasteiger partial charge >= 0.3 is 0 Å². The maximum Gasteiger partial charge on any atom is 0.243 e. The third kappa shape index (κ3) is 18.7. The van der Waals surface area contributed by atoms with Gasteiger partial charge in [0, 0.05) is 56.4 Å². The molecule has 0 aliphatic carbocycles. The first-order chi connectivity index (χ1) is 34.0. The van der Waals surface area contributed by atoms with Crippen molar-refractivity contribution in [1.29, 1.82) is 0 Å². The molecule has 17 N–H and O–H groups in total. The normalized spacial score (nSPS) is 20.4. The van der Waals surface area contributed by atoms with Gasteiger partial charge in [0.15, 0.2) is 5.96 Å². The van der Waals surface area contributed by atoms with E-state index < -0.39 is 95.5 Å². The average molecular weight is 987 g/mol. The number of aromatic nitrogens is 1. The number of unbranched alkanes of at least 4 members (excludes halogenated alkanes) is 1. The van der Waals surface area contributed by atoms with Crippen LogP contribution in [0.5, 0.6) is 0 Å². The van der Waals surface area contributed by atoms with Crippen molar-refractivity contribution >= 4 is 70.0 Å².